The van der Waals surface area contributed by atoms with Crippen molar-refractivity contribution in [1.29, 1.82) is 0 Å². The molecule has 3 aromatic rings. The molecule has 160 valence electrons. The van der Waals surface area contributed by atoms with Gasteiger partial charge < -0.3 is 10.0 Å². The second-order valence-electron chi connectivity index (χ2n) is 8.39. The highest BCUT2D eigenvalue weighted by molar-refractivity contribution is 6.04. The van der Waals surface area contributed by atoms with E-state index in [1.165, 1.54) is 28.1 Å². The summed E-state index contributed by atoms with van der Waals surface area (Å²) in [7, 11) is 8.23. The van der Waals surface area contributed by atoms with Gasteiger partial charge in [0.1, 0.15) is 19.8 Å². The van der Waals surface area contributed by atoms with Gasteiger partial charge in [0.2, 0.25) is 0 Å². The number of allylic oxidation sites excluding steroid dienone is 5. The maximum absolute atomic E-state index is 9.66. The Kier molecular flexibility index (Phi) is 6.09. The summed E-state index contributed by atoms with van der Waals surface area (Å²) in [5, 5.41) is 9.66. The minimum absolute atomic E-state index is 0.277. The maximum Gasteiger partial charge on any atom is 0.199 e. The molecule has 4 rings (SSSR count). The van der Waals surface area contributed by atoms with Crippen LogP contribution in [0.15, 0.2) is 103 Å². The van der Waals surface area contributed by atoms with Crippen molar-refractivity contribution >= 4 is 17.0 Å². The zero-order chi connectivity index (χ0) is 22.7. The average Bonchev–Trinajstić information content (AvgIpc) is 2.81. The first-order valence-corrected chi connectivity index (χ1v) is 10.7. The van der Waals surface area contributed by atoms with Gasteiger partial charge in [-0.1, -0.05) is 42.5 Å². The Morgan fingerprint density at radius 1 is 0.719 bits per heavy atom. The summed E-state index contributed by atoms with van der Waals surface area (Å²) < 4.78 is 2.11. The molecule has 0 bridgehead atoms. The van der Waals surface area contributed by atoms with Gasteiger partial charge in [0, 0.05) is 31.9 Å². The van der Waals surface area contributed by atoms with Crippen molar-refractivity contribution < 1.29 is 9.68 Å². The van der Waals surface area contributed by atoms with E-state index in [0.717, 1.165) is 16.7 Å². The number of nitrogens with zero attached hydrogens (tertiary/aromatic N) is 2. The summed E-state index contributed by atoms with van der Waals surface area (Å²) in [4.78, 5) is 2.11. The molecule has 3 heteroatoms. The normalized spacial score (nSPS) is 12.8. The molecular weight excluding hydrogens is 392 g/mol. The lowest BCUT2D eigenvalue weighted by molar-refractivity contribution is -0.462. The monoisotopic (exact) mass is 421 g/mol. The van der Waals surface area contributed by atoms with Crippen LogP contribution in [0, 0.1) is 0 Å². The fourth-order valence-corrected chi connectivity index (χ4v) is 3.86. The number of rotatable bonds is 4. The molecule has 0 saturated heterocycles. The van der Waals surface area contributed by atoms with Gasteiger partial charge in [0.25, 0.3) is 0 Å². The first-order chi connectivity index (χ1) is 15.4. The molecule has 0 radical (unpaired) electrons. The van der Waals surface area contributed by atoms with Gasteiger partial charge >= 0.3 is 0 Å². The fourth-order valence-electron chi connectivity index (χ4n) is 3.86. The third kappa shape index (κ3) is 4.57. The molecule has 32 heavy (non-hydrogen) atoms. The summed E-state index contributed by atoms with van der Waals surface area (Å²) in [6, 6.07) is 24.7. The summed E-state index contributed by atoms with van der Waals surface area (Å²) in [6.07, 6.45) is 8.70. The zero-order valence-corrected chi connectivity index (χ0v) is 19.1. The smallest absolute Gasteiger partial charge is 0.199 e. The minimum atomic E-state index is 0.277. The Morgan fingerprint density at radius 2 is 1.38 bits per heavy atom. The van der Waals surface area contributed by atoms with Crippen LogP contribution in [0.5, 0.6) is 5.75 Å². The standard InChI is InChI=1S/C29H28N2O/c1-30(2)26-14-8-22(9-15-26)29(23-10-16-27(17-11-23)31(3)4)25-7-5-6-24(20-25)21-12-18-28(32)19-13-21/h5-20H,1-4H3/p+1. The lowest BCUT2D eigenvalue weighted by Gasteiger charge is -2.17. The predicted molar refractivity (Wildman–Crippen MR) is 136 cm³/mol. The van der Waals surface area contributed by atoms with Gasteiger partial charge in [-0.2, -0.15) is 0 Å². The molecule has 0 heterocycles. The van der Waals surface area contributed by atoms with Gasteiger partial charge in [-0.3, -0.25) is 0 Å². The van der Waals surface area contributed by atoms with E-state index in [-0.39, 0.29) is 5.75 Å². The molecule has 3 nitrogen and oxygen atoms in total. The fraction of sp³-hybridized carbons (Fsp3) is 0.138. The van der Waals surface area contributed by atoms with E-state index in [4.69, 9.17) is 0 Å². The van der Waals surface area contributed by atoms with Crippen LogP contribution in [-0.4, -0.2) is 43.6 Å². The molecule has 0 aromatic heterocycles. The average molecular weight is 422 g/mol. The van der Waals surface area contributed by atoms with E-state index >= 15 is 0 Å². The van der Waals surface area contributed by atoms with Crippen molar-refractivity contribution in [3.63, 3.8) is 0 Å². The van der Waals surface area contributed by atoms with Gasteiger partial charge in [0.15, 0.2) is 5.71 Å². The van der Waals surface area contributed by atoms with Crippen molar-refractivity contribution in [2.45, 2.75) is 0 Å². The molecule has 0 aliphatic heterocycles. The third-order valence-corrected chi connectivity index (χ3v) is 5.70. The number of anilines is 1. The topological polar surface area (TPSA) is 26.5 Å². The zero-order valence-electron chi connectivity index (χ0n) is 19.1. The van der Waals surface area contributed by atoms with E-state index in [1.807, 2.05) is 12.1 Å². The second kappa shape index (κ2) is 9.11. The molecule has 0 saturated carbocycles. The molecule has 3 aromatic carbocycles. The van der Waals surface area contributed by atoms with E-state index in [1.54, 1.807) is 12.1 Å². The van der Waals surface area contributed by atoms with Crippen molar-refractivity contribution in [2.24, 2.45) is 0 Å². The lowest BCUT2D eigenvalue weighted by Crippen LogP contribution is -2.10. The first-order valence-electron chi connectivity index (χ1n) is 10.7. The third-order valence-electron chi connectivity index (χ3n) is 5.70. The predicted octanol–water partition coefficient (Wildman–Crippen LogP) is 5.77. The van der Waals surface area contributed by atoms with E-state index in [9.17, 15) is 5.11 Å². The molecule has 0 atom stereocenters. The van der Waals surface area contributed by atoms with Crippen LogP contribution in [-0.2, 0) is 0 Å². The SMILES string of the molecule is CN(C)c1ccc(C(=C2C=CC(=[N+](C)C)C=C2)c2cccc(-c3ccc(O)cc3)c2)cc1. The van der Waals surface area contributed by atoms with Crippen molar-refractivity contribution in [1.82, 2.24) is 0 Å². The molecule has 1 aliphatic rings. The summed E-state index contributed by atoms with van der Waals surface area (Å²) >= 11 is 0. The first kappa shape index (κ1) is 21.4. The molecule has 1 aliphatic carbocycles. The van der Waals surface area contributed by atoms with Crippen LogP contribution in [0.3, 0.4) is 0 Å². The molecule has 0 unspecified atom stereocenters. The van der Waals surface area contributed by atoms with Crippen LogP contribution in [0.25, 0.3) is 16.7 Å². The molecule has 0 spiro atoms. The number of hydrogen-bond acceptors (Lipinski definition) is 2. The largest absolute Gasteiger partial charge is 0.508 e. The van der Waals surface area contributed by atoms with Crippen LogP contribution < -0.4 is 4.90 Å². The number of phenolic OH excluding ortho intramolecular Hbond substituents is 1. The quantitative estimate of drug-likeness (QED) is 0.542. The summed E-state index contributed by atoms with van der Waals surface area (Å²) in [6.45, 7) is 0. The lowest BCUT2D eigenvalue weighted by atomic mass is 9.89. The minimum Gasteiger partial charge on any atom is -0.508 e. The number of aromatic hydroxyl groups is 1. The van der Waals surface area contributed by atoms with E-state index in [0.29, 0.717) is 0 Å². The number of hydrogen-bond donors (Lipinski definition) is 1. The van der Waals surface area contributed by atoms with Crippen molar-refractivity contribution in [3.05, 3.63) is 114 Å². The van der Waals surface area contributed by atoms with E-state index < -0.39 is 0 Å². The Bertz CT molecular complexity index is 1220. The van der Waals surface area contributed by atoms with Crippen LogP contribution in [0.2, 0.25) is 0 Å². The number of benzene rings is 3. The van der Waals surface area contributed by atoms with Crippen molar-refractivity contribution in [3.8, 4) is 16.9 Å². The highest BCUT2D eigenvalue weighted by atomic mass is 16.3. The Balaban J connectivity index is 1.85. The summed E-state index contributed by atoms with van der Waals surface area (Å²) in [5.74, 6) is 0.277. The van der Waals surface area contributed by atoms with Crippen LogP contribution in [0.1, 0.15) is 11.1 Å². The summed E-state index contributed by atoms with van der Waals surface area (Å²) in [5.41, 5.74) is 9.26. The second-order valence-corrected chi connectivity index (χ2v) is 8.39. The van der Waals surface area contributed by atoms with Crippen LogP contribution in [0.4, 0.5) is 5.69 Å². The Hall–Kier alpha value is -3.85. The van der Waals surface area contributed by atoms with E-state index in [2.05, 4.69) is 111 Å². The maximum atomic E-state index is 9.66. The Labute approximate surface area is 190 Å². The molecule has 0 amide bonds. The highest BCUT2D eigenvalue weighted by Gasteiger charge is 2.14. The molecule has 1 N–H and O–H groups in total. The van der Waals surface area contributed by atoms with Gasteiger partial charge in [-0.25, -0.2) is 4.58 Å². The highest BCUT2D eigenvalue weighted by Crippen LogP contribution is 2.33. The van der Waals surface area contributed by atoms with Gasteiger partial charge in [-0.15, -0.1) is 0 Å². The Morgan fingerprint density at radius 3 is 1.97 bits per heavy atom. The molecule has 0 fully saturated rings. The van der Waals surface area contributed by atoms with Crippen LogP contribution >= 0.6 is 0 Å². The van der Waals surface area contributed by atoms with Crippen molar-refractivity contribution in [2.75, 3.05) is 33.1 Å². The number of phenols is 1. The molecular formula is C29H29N2O+. The van der Waals surface area contributed by atoms with Gasteiger partial charge in [0.05, 0.1) is 0 Å². The van der Waals surface area contributed by atoms with Gasteiger partial charge in [-0.05, 0) is 75.9 Å².